The van der Waals surface area contributed by atoms with Gasteiger partial charge in [0.1, 0.15) is 0 Å². The fraction of sp³-hybridized carbons (Fsp3) is 0.882. The minimum Gasteiger partial charge on any atom is -0.338 e. The number of amides is 2. The van der Waals surface area contributed by atoms with Crippen molar-refractivity contribution in [2.45, 2.75) is 65.0 Å². The zero-order valence-corrected chi connectivity index (χ0v) is 14.3. The van der Waals surface area contributed by atoms with Gasteiger partial charge in [0.05, 0.1) is 6.04 Å². The van der Waals surface area contributed by atoms with Crippen LogP contribution in [0.5, 0.6) is 0 Å². The van der Waals surface area contributed by atoms with Crippen molar-refractivity contribution >= 4 is 11.8 Å². The number of carbonyl (C=O) groups is 2. The quantitative estimate of drug-likeness (QED) is 0.861. The van der Waals surface area contributed by atoms with E-state index in [1.807, 2.05) is 30.6 Å². The lowest BCUT2D eigenvalue weighted by molar-refractivity contribution is -0.146. The van der Waals surface area contributed by atoms with Crippen LogP contribution in [0.4, 0.5) is 0 Å². The predicted octanol–water partition coefficient (Wildman–Crippen LogP) is 1.61. The maximum Gasteiger partial charge on any atom is 0.239 e. The van der Waals surface area contributed by atoms with Gasteiger partial charge in [-0.2, -0.15) is 0 Å². The molecule has 22 heavy (non-hydrogen) atoms. The van der Waals surface area contributed by atoms with Crippen molar-refractivity contribution < 1.29 is 9.59 Å². The third kappa shape index (κ3) is 3.80. The van der Waals surface area contributed by atoms with Crippen LogP contribution in [0.15, 0.2) is 0 Å². The lowest BCUT2D eigenvalue weighted by atomic mass is 9.87. The molecular weight excluding hydrogens is 278 g/mol. The molecule has 0 aromatic carbocycles. The van der Waals surface area contributed by atoms with Crippen LogP contribution >= 0.6 is 0 Å². The molecule has 2 rings (SSSR count). The molecule has 5 heteroatoms. The first-order chi connectivity index (χ1) is 10.4. The molecule has 1 aliphatic heterocycles. The first-order valence-electron chi connectivity index (χ1n) is 8.76. The molecule has 126 valence electrons. The van der Waals surface area contributed by atoms with Gasteiger partial charge in [-0.15, -0.1) is 0 Å². The number of hydrogen-bond acceptors (Lipinski definition) is 3. The van der Waals surface area contributed by atoms with Gasteiger partial charge in [0.2, 0.25) is 11.8 Å². The highest BCUT2D eigenvalue weighted by Gasteiger charge is 2.35. The largest absolute Gasteiger partial charge is 0.338 e. The van der Waals surface area contributed by atoms with Gasteiger partial charge in [-0.3, -0.25) is 9.59 Å². The average molecular weight is 309 g/mol. The minimum atomic E-state index is -0.437. The minimum absolute atomic E-state index is 0.0200. The Labute approximate surface area is 134 Å². The van der Waals surface area contributed by atoms with E-state index < -0.39 is 6.04 Å². The normalized spacial score (nSPS) is 25.4. The molecule has 2 aliphatic rings. The van der Waals surface area contributed by atoms with E-state index in [1.54, 1.807) is 0 Å². The van der Waals surface area contributed by atoms with Crippen molar-refractivity contribution in [2.24, 2.45) is 17.6 Å². The van der Waals surface area contributed by atoms with Gasteiger partial charge in [0.25, 0.3) is 0 Å². The van der Waals surface area contributed by atoms with Gasteiger partial charge >= 0.3 is 0 Å². The van der Waals surface area contributed by atoms with Crippen LogP contribution in [0.3, 0.4) is 0 Å². The van der Waals surface area contributed by atoms with Crippen molar-refractivity contribution in [3.8, 4) is 0 Å². The monoisotopic (exact) mass is 309 g/mol. The van der Waals surface area contributed by atoms with Crippen molar-refractivity contribution in [3.63, 3.8) is 0 Å². The second kappa shape index (κ2) is 7.44. The van der Waals surface area contributed by atoms with Gasteiger partial charge in [-0.1, -0.05) is 33.1 Å². The van der Waals surface area contributed by atoms with Crippen LogP contribution in [-0.2, 0) is 9.59 Å². The Balaban J connectivity index is 1.92. The van der Waals surface area contributed by atoms with E-state index in [0.717, 1.165) is 12.8 Å². The molecule has 0 unspecified atom stereocenters. The zero-order chi connectivity index (χ0) is 16.3. The lowest BCUT2D eigenvalue weighted by Crippen LogP contribution is -2.59. The summed E-state index contributed by atoms with van der Waals surface area (Å²) in [4.78, 5) is 28.9. The Hall–Kier alpha value is -1.10. The fourth-order valence-corrected chi connectivity index (χ4v) is 3.57. The van der Waals surface area contributed by atoms with E-state index in [-0.39, 0.29) is 23.8 Å². The third-order valence-corrected chi connectivity index (χ3v) is 5.18. The Bertz CT molecular complexity index is 405. The molecule has 1 aliphatic carbocycles. The Kier molecular flexibility index (Phi) is 5.84. The first kappa shape index (κ1) is 17.3. The molecule has 5 nitrogen and oxygen atoms in total. The lowest BCUT2D eigenvalue weighted by Gasteiger charge is -2.42. The topological polar surface area (TPSA) is 66.6 Å². The molecule has 0 radical (unpaired) electrons. The van der Waals surface area contributed by atoms with Crippen molar-refractivity contribution in [2.75, 3.05) is 19.6 Å². The molecule has 1 saturated carbocycles. The highest BCUT2D eigenvalue weighted by atomic mass is 16.2. The van der Waals surface area contributed by atoms with Gasteiger partial charge < -0.3 is 15.5 Å². The van der Waals surface area contributed by atoms with Crippen LogP contribution < -0.4 is 5.73 Å². The van der Waals surface area contributed by atoms with Crippen LogP contribution in [0.2, 0.25) is 0 Å². The number of carbonyl (C=O) groups excluding carboxylic acids is 2. The molecule has 1 saturated heterocycles. The molecule has 0 aromatic heterocycles. The van der Waals surface area contributed by atoms with E-state index in [9.17, 15) is 9.59 Å². The van der Waals surface area contributed by atoms with Crippen LogP contribution in [0.1, 0.15) is 52.9 Å². The van der Waals surface area contributed by atoms with Gasteiger partial charge in [-0.25, -0.2) is 0 Å². The highest BCUT2D eigenvalue weighted by molar-refractivity contribution is 5.83. The number of nitrogens with two attached hydrogens (primary N) is 1. The summed E-state index contributed by atoms with van der Waals surface area (Å²) in [7, 11) is 0. The standard InChI is InChI=1S/C17H31N3O2/c1-12(2)15(18)17(22)19-9-10-20(13(3)11-19)16(21)14-7-5-4-6-8-14/h12-15H,4-11,18H2,1-3H3/t13-,15+/m0/s1. The molecule has 0 aromatic rings. The number of rotatable bonds is 3. The Morgan fingerprint density at radius 1 is 1.09 bits per heavy atom. The summed E-state index contributed by atoms with van der Waals surface area (Å²) in [5.74, 6) is 0.667. The molecule has 0 spiro atoms. The molecule has 2 atom stereocenters. The molecule has 1 heterocycles. The number of piperazine rings is 1. The molecule has 2 amide bonds. The molecule has 2 N–H and O–H groups in total. The summed E-state index contributed by atoms with van der Waals surface area (Å²) >= 11 is 0. The Morgan fingerprint density at radius 2 is 1.73 bits per heavy atom. The highest BCUT2D eigenvalue weighted by Crippen LogP contribution is 2.27. The van der Waals surface area contributed by atoms with Crippen molar-refractivity contribution in [3.05, 3.63) is 0 Å². The second-order valence-electron chi connectivity index (χ2n) is 7.27. The maximum absolute atomic E-state index is 12.7. The van der Waals surface area contributed by atoms with E-state index in [2.05, 4.69) is 0 Å². The van der Waals surface area contributed by atoms with E-state index in [0.29, 0.717) is 25.5 Å². The summed E-state index contributed by atoms with van der Waals surface area (Å²) in [5, 5.41) is 0. The average Bonchev–Trinajstić information content (AvgIpc) is 2.53. The number of hydrogen-bond donors (Lipinski definition) is 1. The SMILES string of the molecule is CC(C)[C@@H](N)C(=O)N1CCN(C(=O)C2CCCCC2)[C@@H](C)C1. The molecular formula is C17H31N3O2. The molecule has 0 bridgehead atoms. The van der Waals surface area contributed by atoms with E-state index >= 15 is 0 Å². The molecule has 2 fully saturated rings. The van der Waals surface area contributed by atoms with Crippen LogP contribution in [-0.4, -0.2) is 53.3 Å². The Morgan fingerprint density at radius 3 is 2.27 bits per heavy atom. The summed E-state index contributed by atoms with van der Waals surface area (Å²) < 4.78 is 0. The van der Waals surface area contributed by atoms with Crippen molar-refractivity contribution in [1.29, 1.82) is 0 Å². The fourth-order valence-electron chi connectivity index (χ4n) is 3.57. The predicted molar refractivity (Wildman–Crippen MR) is 87.1 cm³/mol. The summed E-state index contributed by atoms with van der Waals surface area (Å²) in [6.07, 6.45) is 5.67. The van der Waals surface area contributed by atoms with Crippen LogP contribution in [0, 0.1) is 11.8 Å². The number of nitrogens with zero attached hydrogens (tertiary/aromatic N) is 2. The maximum atomic E-state index is 12.7. The third-order valence-electron chi connectivity index (χ3n) is 5.18. The van der Waals surface area contributed by atoms with E-state index in [1.165, 1.54) is 19.3 Å². The van der Waals surface area contributed by atoms with Gasteiger partial charge in [0.15, 0.2) is 0 Å². The summed E-state index contributed by atoms with van der Waals surface area (Å²) in [6.45, 7) is 7.84. The zero-order valence-electron chi connectivity index (χ0n) is 14.3. The first-order valence-corrected chi connectivity index (χ1v) is 8.76. The van der Waals surface area contributed by atoms with Crippen molar-refractivity contribution in [1.82, 2.24) is 9.80 Å². The van der Waals surface area contributed by atoms with Gasteiger partial charge in [0, 0.05) is 31.6 Å². The van der Waals surface area contributed by atoms with Crippen LogP contribution in [0.25, 0.3) is 0 Å². The smallest absolute Gasteiger partial charge is 0.239 e. The van der Waals surface area contributed by atoms with Gasteiger partial charge in [-0.05, 0) is 25.7 Å². The van der Waals surface area contributed by atoms with E-state index in [4.69, 9.17) is 5.73 Å². The second-order valence-corrected chi connectivity index (χ2v) is 7.27. The summed E-state index contributed by atoms with van der Waals surface area (Å²) in [5.41, 5.74) is 5.98. The summed E-state index contributed by atoms with van der Waals surface area (Å²) in [6, 6.07) is -0.348.